The highest BCUT2D eigenvalue weighted by Crippen LogP contribution is 2.45. The van der Waals surface area contributed by atoms with Gasteiger partial charge in [0.1, 0.15) is 5.75 Å². The van der Waals surface area contributed by atoms with E-state index in [1.54, 1.807) is 25.1 Å². The number of allylic oxidation sites excluding steroid dienone is 1. The van der Waals surface area contributed by atoms with E-state index in [1.165, 1.54) is 16.8 Å². The van der Waals surface area contributed by atoms with Gasteiger partial charge in [0, 0.05) is 26.7 Å². The van der Waals surface area contributed by atoms with Crippen molar-refractivity contribution in [2.24, 2.45) is 5.16 Å². The van der Waals surface area contributed by atoms with E-state index in [4.69, 9.17) is 4.74 Å². The molecule has 0 saturated carbocycles. The van der Waals surface area contributed by atoms with Gasteiger partial charge in [-0.3, -0.25) is 0 Å². The molecule has 0 atom stereocenters. The van der Waals surface area contributed by atoms with Crippen molar-refractivity contribution >= 4 is 22.9 Å². The number of rotatable bonds is 6. The molecule has 1 aliphatic rings. The average Bonchev–Trinajstić information content (AvgIpc) is 3.27. The fourth-order valence-corrected chi connectivity index (χ4v) is 5.50. The number of thioether (sulfide) groups is 1. The topological polar surface area (TPSA) is 46.8 Å². The van der Waals surface area contributed by atoms with Crippen LogP contribution in [0.4, 0.5) is 0 Å². The molecular weight excluding hydrogens is 440 g/mol. The van der Waals surface area contributed by atoms with Crippen molar-refractivity contribution in [3.63, 3.8) is 0 Å². The summed E-state index contributed by atoms with van der Waals surface area (Å²) in [6.07, 6.45) is 3.25. The molecule has 0 fully saturated rings. The molecule has 34 heavy (non-hydrogen) atoms. The predicted molar refractivity (Wildman–Crippen MR) is 140 cm³/mol. The van der Waals surface area contributed by atoms with Gasteiger partial charge in [-0.15, -0.1) is 0 Å². The summed E-state index contributed by atoms with van der Waals surface area (Å²) in [4.78, 5) is 2.29. The third kappa shape index (κ3) is 4.27. The zero-order valence-corrected chi connectivity index (χ0v) is 20.0. The standard InChI is InChI=1S/C29H26N2O2S/c1-20-8-15-25(16-9-20)34-29-22(19-30-32)10-17-27-26(29)18-28(21-6-4-3-5-7-21)31(27)23-11-13-24(33-2)14-12-23/h3-9,11-16,18-19,32H,10,17H2,1-2H3/b30-19+. The molecule has 0 amide bonds. The molecule has 0 unspecified atom stereocenters. The summed E-state index contributed by atoms with van der Waals surface area (Å²) in [5.41, 5.74) is 8.11. The quantitative estimate of drug-likeness (QED) is 0.183. The lowest BCUT2D eigenvalue weighted by atomic mass is 9.97. The molecule has 0 radical (unpaired) electrons. The van der Waals surface area contributed by atoms with Crippen LogP contribution in [-0.2, 0) is 6.42 Å². The highest BCUT2D eigenvalue weighted by molar-refractivity contribution is 8.08. The summed E-state index contributed by atoms with van der Waals surface area (Å²) in [5.74, 6) is 0.836. The third-order valence-electron chi connectivity index (χ3n) is 6.12. The Labute approximate surface area is 204 Å². The van der Waals surface area contributed by atoms with Gasteiger partial charge >= 0.3 is 0 Å². The van der Waals surface area contributed by atoms with E-state index in [9.17, 15) is 5.21 Å². The highest BCUT2D eigenvalue weighted by atomic mass is 32.2. The van der Waals surface area contributed by atoms with Crippen molar-refractivity contribution < 1.29 is 9.94 Å². The van der Waals surface area contributed by atoms with Crippen molar-refractivity contribution in [3.05, 3.63) is 107 Å². The summed E-state index contributed by atoms with van der Waals surface area (Å²) >= 11 is 1.73. The third-order valence-corrected chi connectivity index (χ3v) is 7.32. The minimum Gasteiger partial charge on any atom is -0.497 e. The van der Waals surface area contributed by atoms with Crippen molar-refractivity contribution in [2.75, 3.05) is 7.11 Å². The van der Waals surface area contributed by atoms with Crippen molar-refractivity contribution in [2.45, 2.75) is 24.7 Å². The Hall–Kier alpha value is -3.70. The molecule has 1 aliphatic carbocycles. The minimum atomic E-state index is 0.805. The smallest absolute Gasteiger partial charge is 0.119 e. The van der Waals surface area contributed by atoms with Gasteiger partial charge in [-0.1, -0.05) is 64.9 Å². The number of nitrogens with zero attached hydrogens (tertiary/aromatic N) is 2. The van der Waals surface area contributed by atoms with Gasteiger partial charge in [-0.25, -0.2) is 0 Å². The molecule has 0 spiro atoms. The largest absolute Gasteiger partial charge is 0.497 e. The number of hydrogen-bond acceptors (Lipinski definition) is 4. The first-order valence-electron chi connectivity index (χ1n) is 11.3. The second-order valence-electron chi connectivity index (χ2n) is 8.30. The molecule has 4 aromatic rings. The molecular formula is C29H26N2O2S. The molecule has 170 valence electrons. The number of fused-ring (bicyclic) bond motifs is 1. The second-order valence-corrected chi connectivity index (χ2v) is 9.39. The summed E-state index contributed by atoms with van der Waals surface area (Å²) in [7, 11) is 1.69. The molecule has 1 heterocycles. The Morgan fingerprint density at radius 3 is 2.35 bits per heavy atom. The van der Waals surface area contributed by atoms with E-state index in [0.29, 0.717) is 0 Å². The zero-order chi connectivity index (χ0) is 23.5. The van der Waals surface area contributed by atoms with Crippen LogP contribution < -0.4 is 4.74 Å². The number of methoxy groups -OCH3 is 1. The predicted octanol–water partition coefficient (Wildman–Crippen LogP) is 7.37. The molecule has 5 rings (SSSR count). The van der Waals surface area contributed by atoms with Crippen LogP contribution in [-0.4, -0.2) is 23.1 Å². The van der Waals surface area contributed by atoms with Gasteiger partial charge in [0.15, 0.2) is 0 Å². The summed E-state index contributed by atoms with van der Waals surface area (Å²) < 4.78 is 7.74. The highest BCUT2D eigenvalue weighted by Gasteiger charge is 2.26. The molecule has 1 N–H and O–H groups in total. The van der Waals surface area contributed by atoms with E-state index in [0.717, 1.165) is 50.9 Å². The van der Waals surface area contributed by atoms with Crippen LogP contribution in [0, 0.1) is 6.92 Å². The van der Waals surface area contributed by atoms with Crippen LogP contribution >= 0.6 is 11.8 Å². The van der Waals surface area contributed by atoms with Crippen LogP contribution in [0.5, 0.6) is 5.75 Å². The number of hydrogen-bond donors (Lipinski definition) is 1. The van der Waals surface area contributed by atoms with Gasteiger partial charge in [0.05, 0.1) is 19.0 Å². The number of ether oxygens (including phenoxy) is 1. The van der Waals surface area contributed by atoms with Crippen molar-refractivity contribution in [1.82, 2.24) is 4.57 Å². The number of benzene rings is 3. The summed E-state index contributed by atoms with van der Waals surface area (Å²) in [6.45, 7) is 2.09. The first-order chi connectivity index (χ1) is 16.7. The van der Waals surface area contributed by atoms with Gasteiger partial charge in [0.2, 0.25) is 0 Å². The first kappa shape index (κ1) is 22.1. The lowest BCUT2D eigenvalue weighted by Crippen LogP contribution is -2.09. The Morgan fingerprint density at radius 2 is 1.68 bits per heavy atom. The Balaban J connectivity index is 1.70. The van der Waals surface area contributed by atoms with Crippen molar-refractivity contribution in [3.8, 4) is 22.7 Å². The van der Waals surface area contributed by atoms with Crippen LogP contribution in [0.15, 0.2) is 101 Å². The molecule has 4 nitrogen and oxygen atoms in total. The van der Waals surface area contributed by atoms with Crippen LogP contribution in [0.2, 0.25) is 0 Å². The Bertz CT molecular complexity index is 1350. The normalized spacial score (nSPS) is 13.4. The van der Waals surface area contributed by atoms with Crippen LogP contribution in [0.25, 0.3) is 21.8 Å². The van der Waals surface area contributed by atoms with Crippen LogP contribution in [0.1, 0.15) is 23.2 Å². The monoisotopic (exact) mass is 466 g/mol. The van der Waals surface area contributed by atoms with E-state index in [2.05, 4.69) is 83.4 Å². The molecule has 3 aromatic carbocycles. The second kappa shape index (κ2) is 9.65. The lowest BCUT2D eigenvalue weighted by Gasteiger charge is -2.21. The number of aromatic nitrogens is 1. The maximum Gasteiger partial charge on any atom is 0.119 e. The van der Waals surface area contributed by atoms with E-state index in [1.807, 2.05) is 18.2 Å². The van der Waals surface area contributed by atoms with Crippen LogP contribution in [0.3, 0.4) is 0 Å². The molecule has 5 heteroatoms. The minimum absolute atomic E-state index is 0.805. The van der Waals surface area contributed by atoms with E-state index < -0.39 is 0 Å². The average molecular weight is 467 g/mol. The van der Waals surface area contributed by atoms with Gasteiger partial charge in [-0.2, -0.15) is 0 Å². The molecule has 1 aromatic heterocycles. The maximum atomic E-state index is 9.36. The SMILES string of the molecule is COc1ccc(-n2c(-c3ccccc3)cc3c2CCC(/C=N/O)=C3Sc2ccc(C)cc2)cc1. The van der Waals surface area contributed by atoms with Crippen molar-refractivity contribution in [1.29, 1.82) is 0 Å². The van der Waals surface area contributed by atoms with Gasteiger partial charge in [0.25, 0.3) is 0 Å². The number of aryl methyl sites for hydroxylation is 1. The van der Waals surface area contributed by atoms with Gasteiger partial charge in [-0.05, 0) is 73.4 Å². The Kier molecular flexibility index (Phi) is 6.28. The number of oxime groups is 1. The maximum absolute atomic E-state index is 9.36. The zero-order valence-electron chi connectivity index (χ0n) is 19.2. The van der Waals surface area contributed by atoms with Gasteiger partial charge < -0.3 is 14.5 Å². The fraction of sp³-hybridized carbons (Fsp3) is 0.138. The first-order valence-corrected chi connectivity index (χ1v) is 12.1. The molecule has 0 saturated heterocycles. The Morgan fingerprint density at radius 1 is 0.941 bits per heavy atom. The molecule has 0 bridgehead atoms. The fourth-order valence-electron chi connectivity index (χ4n) is 4.42. The van der Waals surface area contributed by atoms with E-state index >= 15 is 0 Å². The molecule has 0 aliphatic heterocycles. The summed E-state index contributed by atoms with van der Waals surface area (Å²) in [6, 6.07) is 29.5. The summed E-state index contributed by atoms with van der Waals surface area (Å²) in [5, 5.41) is 12.7. The van der Waals surface area contributed by atoms with E-state index in [-0.39, 0.29) is 0 Å². The lowest BCUT2D eigenvalue weighted by molar-refractivity contribution is 0.321.